The Labute approximate surface area is 141 Å². The van der Waals surface area contributed by atoms with Crippen molar-refractivity contribution in [3.8, 4) is 5.75 Å². The van der Waals surface area contributed by atoms with Gasteiger partial charge >= 0.3 is 5.97 Å². The fourth-order valence-corrected chi connectivity index (χ4v) is 2.30. The van der Waals surface area contributed by atoms with E-state index in [0.29, 0.717) is 30.9 Å². The third-order valence-electron chi connectivity index (χ3n) is 3.46. The molecule has 0 atom stereocenters. The van der Waals surface area contributed by atoms with Gasteiger partial charge in [0.15, 0.2) is 0 Å². The first-order valence-electron chi connectivity index (χ1n) is 7.88. The summed E-state index contributed by atoms with van der Waals surface area (Å²) in [6.07, 6.45) is 0.706. The highest BCUT2D eigenvalue weighted by molar-refractivity contribution is 5.95. The smallest absolute Gasteiger partial charge is 0.323 e. The maximum Gasteiger partial charge on any atom is 0.323 e. The van der Waals surface area contributed by atoms with E-state index in [0.717, 1.165) is 5.56 Å². The van der Waals surface area contributed by atoms with Crippen molar-refractivity contribution < 1.29 is 19.4 Å². The summed E-state index contributed by atoms with van der Waals surface area (Å²) in [5, 5.41) is 8.91. The van der Waals surface area contributed by atoms with Crippen molar-refractivity contribution in [2.24, 2.45) is 0 Å². The molecule has 0 aliphatic rings. The van der Waals surface area contributed by atoms with Gasteiger partial charge in [-0.3, -0.25) is 9.59 Å². The second kappa shape index (κ2) is 8.72. The van der Waals surface area contributed by atoms with Crippen LogP contribution in [-0.4, -0.2) is 35.0 Å². The topological polar surface area (TPSA) is 66.8 Å². The van der Waals surface area contributed by atoms with Gasteiger partial charge in [-0.1, -0.05) is 37.3 Å². The fourth-order valence-electron chi connectivity index (χ4n) is 2.30. The Bertz CT molecular complexity index is 668. The standard InChI is InChI=1S/C19H21NO4/c1-2-12-20(13-18(21)22)19(23)16-8-10-17(11-9-16)24-14-15-6-4-3-5-7-15/h3-11H,2,12-14H2,1H3,(H,21,22). The molecule has 0 aromatic heterocycles. The highest BCUT2D eigenvalue weighted by Gasteiger charge is 2.17. The summed E-state index contributed by atoms with van der Waals surface area (Å²) in [6, 6.07) is 16.6. The molecule has 0 heterocycles. The number of hydrogen-bond donors (Lipinski definition) is 1. The average Bonchev–Trinajstić information content (AvgIpc) is 2.60. The van der Waals surface area contributed by atoms with Gasteiger partial charge in [0, 0.05) is 12.1 Å². The zero-order chi connectivity index (χ0) is 17.4. The summed E-state index contributed by atoms with van der Waals surface area (Å²) in [7, 11) is 0. The third kappa shape index (κ3) is 5.12. The Hall–Kier alpha value is -2.82. The molecule has 2 aromatic carbocycles. The Morgan fingerprint density at radius 3 is 2.29 bits per heavy atom. The lowest BCUT2D eigenvalue weighted by Gasteiger charge is -2.20. The largest absolute Gasteiger partial charge is 0.489 e. The minimum Gasteiger partial charge on any atom is -0.489 e. The fraction of sp³-hybridized carbons (Fsp3) is 0.263. The molecule has 1 N–H and O–H groups in total. The third-order valence-corrected chi connectivity index (χ3v) is 3.46. The summed E-state index contributed by atoms with van der Waals surface area (Å²) in [4.78, 5) is 24.6. The van der Waals surface area contributed by atoms with Gasteiger partial charge in [-0.2, -0.15) is 0 Å². The van der Waals surface area contributed by atoms with Gasteiger partial charge in [0.05, 0.1) is 0 Å². The number of hydrogen-bond acceptors (Lipinski definition) is 3. The maximum atomic E-state index is 12.4. The number of amides is 1. The first kappa shape index (κ1) is 17.5. The van der Waals surface area contributed by atoms with Crippen molar-refractivity contribution in [3.05, 3.63) is 65.7 Å². The van der Waals surface area contributed by atoms with Crippen LogP contribution >= 0.6 is 0 Å². The van der Waals surface area contributed by atoms with Crippen LogP contribution in [0.5, 0.6) is 5.75 Å². The second-order valence-corrected chi connectivity index (χ2v) is 5.42. The predicted molar refractivity (Wildman–Crippen MR) is 91.0 cm³/mol. The van der Waals surface area contributed by atoms with E-state index in [9.17, 15) is 9.59 Å². The van der Waals surface area contributed by atoms with E-state index in [-0.39, 0.29) is 12.5 Å². The van der Waals surface area contributed by atoms with Crippen molar-refractivity contribution in [1.82, 2.24) is 4.90 Å². The van der Waals surface area contributed by atoms with Crippen LogP contribution in [-0.2, 0) is 11.4 Å². The van der Waals surface area contributed by atoms with Crippen molar-refractivity contribution in [3.63, 3.8) is 0 Å². The van der Waals surface area contributed by atoms with Crippen LogP contribution in [0.4, 0.5) is 0 Å². The molecule has 0 saturated carbocycles. The van der Waals surface area contributed by atoms with Gasteiger partial charge in [-0.05, 0) is 36.2 Å². The molecule has 0 saturated heterocycles. The van der Waals surface area contributed by atoms with Crippen molar-refractivity contribution in [2.75, 3.05) is 13.1 Å². The van der Waals surface area contributed by atoms with E-state index in [1.54, 1.807) is 24.3 Å². The minimum atomic E-state index is -1.01. The first-order chi connectivity index (χ1) is 11.6. The maximum absolute atomic E-state index is 12.4. The lowest BCUT2D eigenvalue weighted by Crippen LogP contribution is -2.36. The highest BCUT2D eigenvalue weighted by atomic mass is 16.5. The molecule has 0 aliphatic heterocycles. The molecule has 2 rings (SSSR count). The van der Waals surface area contributed by atoms with Gasteiger partial charge in [0.2, 0.25) is 0 Å². The summed E-state index contributed by atoms with van der Waals surface area (Å²) in [5.41, 5.74) is 1.52. The van der Waals surface area contributed by atoms with Crippen LogP contribution < -0.4 is 4.74 Å². The molecular weight excluding hydrogens is 306 g/mol. The molecule has 5 heteroatoms. The molecule has 0 spiro atoms. The van der Waals surface area contributed by atoms with Crippen LogP contribution in [0.3, 0.4) is 0 Å². The lowest BCUT2D eigenvalue weighted by molar-refractivity contribution is -0.137. The number of carboxylic acids is 1. The molecule has 0 aliphatic carbocycles. The van der Waals surface area contributed by atoms with Crippen LogP contribution in [0.25, 0.3) is 0 Å². The van der Waals surface area contributed by atoms with Crippen LogP contribution in [0.15, 0.2) is 54.6 Å². The zero-order valence-electron chi connectivity index (χ0n) is 13.6. The van der Waals surface area contributed by atoms with Gasteiger partial charge in [-0.25, -0.2) is 0 Å². The number of carbonyl (C=O) groups excluding carboxylic acids is 1. The summed E-state index contributed by atoms with van der Waals surface area (Å²) < 4.78 is 5.68. The van der Waals surface area contributed by atoms with Crippen LogP contribution in [0.2, 0.25) is 0 Å². The van der Waals surface area contributed by atoms with Gasteiger partial charge in [0.1, 0.15) is 18.9 Å². The first-order valence-corrected chi connectivity index (χ1v) is 7.88. The lowest BCUT2D eigenvalue weighted by atomic mass is 10.2. The van der Waals surface area contributed by atoms with Crippen molar-refractivity contribution in [2.45, 2.75) is 20.0 Å². The van der Waals surface area contributed by atoms with Crippen LogP contribution in [0.1, 0.15) is 29.3 Å². The second-order valence-electron chi connectivity index (χ2n) is 5.42. The number of ether oxygens (including phenoxy) is 1. The van der Waals surface area contributed by atoms with Crippen molar-refractivity contribution >= 4 is 11.9 Å². The minimum absolute atomic E-state index is 0.283. The Morgan fingerprint density at radius 1 is 1.04 bits per heavy atom. The van der Waals surface area contributed by atoms with Crippen LogP contribution in [0, 0.1) is 0 Å². The molecule has 0 radical (unpaired) electrons. The van der Waals surface area contributed by atoms with E-state index in [4.69, 9.17) is 9.84 Å². The Morgan fingerprint density at radius 2 is 1.71 bits per heavy atom. The highest BCUT2D eigenvalue weighted by Crippen LogP contribution is 2.15. The molecule has 1 amide bonds. The number of aliphatic carboxylic acids is 1. The number of carbonyl (C=O) groups is 2. The molecular formula is C19H21NO4. The van der Waals surface area contributed by atoms with Gasteiger partial charge < -0.3 is 14.7 Å². The quantitative estimate of drug-likeness (QED) is 0.808. The van der Waals surface area contributed by atoms with E-state index < -0.39 is 5.97 Å². The molecule has 2 aromatic rings. The number of benzene rings is 2. The van der Waals surface area contributed by atoms with E-state index in [1.807, 2.05) is 37.3 Å². The number of nitrogens with zero attached hydrogens (tertiary/aromatic N) is 1. The Kier molecular flexibility index (Phi) is 6.37. The summed E-state index contributed by atoms with van der Waals surface area (Å²) in [5.74, 6) is -0.635. The molecule has 0 bridgehead atoms. The SMILES string of the molecule is CCCN(CC(=O)O)C(=O)c1ccc(OCc2ccccc2)cc1. The Balaban J connectivity index is 1.99. The molecule has 5 nitrogen and oxygen atoms in total. The van der Waals surface area contributed by atoms with Gasteiger partial charge in [-0.15, -0.1) is 0 Å². The summed E-state index contributed by atoms with van der Waals surface area (Å²) >= 11 is 0. The molecule has 126 valence electrons. The molecule has 24 heavy (non-hydrogen) atoms. The van der Waals surface area contributed by atoms with Gasteiger partial charge in [0.25, 0.3) is 5.91 Å². The summed E-state index contributed by atoms with van der Waals surface area (Å²) in [6.45, 7) is 2.48. The zero-order valence-corrected chi connectivity index (χ0v) is 13.6. The molecule has 0 fully saturated rings. The van der Waals surface area contributed by atoms with Crippen molar-refractivity contribution in [1.29, 1.82) is 0 Å². The molecule has 0 unspecified atom stereocenters. The predicted octanol–water partition coefficient (Wildman–Crippen LogP) is 3.20. The normalized spacial score (nSPS) is 10.2. The van der Waals surface area contributed by atoms with E-state index in [1.165, 1.54) is 4.90 Å². The number of rotatable bonds is 8. The average molecular weight is 327 g/mol. The monoisotopic (exact) mass is 327 g/mol. The van der Waals surface area contributed by atoms with E-state index >= 15 is 0 Å². The van der Waals surface area contributed by atoms with E-state index in [2.05, 4.69) is 0 Å². The number of carboxylic acid groups (broad SMARTS) is 1.